The lowest BCUT2D eigenvalue weighted by molar-refractivity contribution is -0.150. The standard InChI is InChI=1S/C15H19ClN2O4/c1-9(2)7-12(15(21)22-8-13(17)19)18-14(20)10-3-5-11(16)6-4-10/h3-6,9,12H,7-8H2,1-2H3,(H2,17,19)(H,18,20)/t12-/m0/s1. The SMILES string of the molecule is CC(C)C[C@H](NC(=O)c1ccc(Cl)cc1)C(=O)OCC(N)=O. The molecule has 7 heteroatoms. The zero-order chi connectivity index (χ0) is 16.7. The summed E-state index contributed by atoms with van der Waals surface area (Å²) in [5.74, 6) is -1.70. The van der Waals surface area contributed by atoms with Crippen LogP contribution in [0.15, 0.2) is 24.3 Å². The lowest BCUT2D eigenvalue weighted by Gasteiger charge is -2.19. The minimum Gasteiger partial charge on any atom is -0.454 e. The Morgan fingerprint density at radius 1 is 1.23 bits per heavy atom. The summed E-state index contributed by atoms with van der Waals surface area (Å²) in [5.41, 5.74) is 5.31. The second-order valence-corrected chi connectivity index (χ2v) is 5.67. The molecule has 1 aromatic rings. The Kier molecular flexibility index (Phi) is 6.85. The van der Waals surface area contributed by atoms with Crippen molar-refractivity contribution in [3.63, 3.8) is 0 Å². The van der Waals surface area contributed by atoms with Crippen LogP contribution in [0.2, 0.25) is 5.02 Å². The normalized spacial score (nSPS) is 11.8. The second kappa shape index (κ2) is 8.38. The molecule has 0 heterocycles. The molecule has 0 aliphatic heterocycles. The van der Waals surface area contributed by atoms with E-state index in [0.29, 0.717) is 17.0 Å². The maximum Gasteiger partial charge on any atom is 0.329 e. The highest BCUT2D eigenvalue weighted by Crippen LogP contribution is 2.11. The van der Waals surface area contributed by atoms with Gasteiger partial charge in [0.05, 0.1) is 0 Å². The fourth-order valence-corrected chi connectivity index (χ4v) is 1.90. The van der Waals surface area contributed by atoms with Crippen LogP contribution < -0.4 is 11.1 Å². The van der Waals surface area contributed by atoms with E-state index in [9.17, 15) is 14.4 Å². The van der Waals surface area contributed by atoms with Gasteiger partial charge in [0.25, 0.3) is 11.8 Å². The predicted molar refractivity (Wildman–Crippen MR) is 82.3 cm³/mol. The highest BCUT2D eigenvalue weighted by atomic mass is 35.5. The predicted octanol–water partition coefficient (Wildman–Crippen LogP) is 1.51. The summed E-state index contributed by atoms with van der Waals surface area (Å²) >= 11 is 5.76. The first-order valence-electron chi connectivity index (χ1n) is 6.81. The van der Waals surface area contributed by atoms with Crippen LogP contribution in [0.3, 0.4) is 0 Å². The minimum atomic E-state index is -0.845. The summed E-state index contributed by atoms with van der Waals surface area (Å²) in [4.78, 5) is 34.7. The molecule has 0 saturated heterocycles. The van der Waals surface area contributed by atoms with Gasteiger partial charge in [-0.25, -0.2) is 4.79 Å². The number of nitrogens with one attached hydrogen (secondary N) is 1. The lowest BCUT2D eigenvalue weighted by Crippen LogP contribution is -2.43. The van der Waals surface area contributed by atoms with E-state index in [1.165, 1.54) is 0 Å². The molecule has 0 aliphatic rings. The maximum absolute atomic E-state index is 12.1. The zero-order valence-corrected chi connectivity index (χ0v) is 13.2. The topological polar surface area (TPSA) is 98.5 Å². The van der Waals surface area contributed by atoms with Gasteiger partial charge in [-0.3, -0.25) is 9.59 Å². The van der Waals surface area contributed by atoms with Crippen LogP contribution in [0.5, 0.6) is 0 Å². The lowest BCUT2D eigenvalue weighted by atomic mass is 10.0. The van der Waals surface area contributed by atoms with E-state index in [2.05, 4.69) is 5.32 Å². The number of benzene rings is 1. The number of esters is 1. The van der Waals surface area contributed by atoms with E-state index in [4.69, 9.17) is 22.1 Å². The molecule has 0 aromatic heterocycles. The third-order valence-electron chi connectivity index (χ3n) is 2.76. The van der Waals surface area contributed by atoms with Crippen molar-refractivity contribution in [1.29, 1.82) is 0 Å². The monoisotopic (exact) mass is 326 g/mol. The average molecular weight is 327 g/mol. The molecule has 120 valence electrons. The van der Waals surface area contributed by atoms with E-state index < -0.39 is 30.4 Å². The molecule has 22 heavy (non-hydrogen) atoms. The number of halogens is 1. The fraction of sp³-hybridized carbons (Fsp3) is 0.400. The minimum absolute atomic E-state index is 0.150. The number of carbonyl (C=O) groups excluding carboxylic acids is 3. The van der Waals surface area contributed by atoms with E-state index in [0.717, 1.165) is 0 Å². The zero-order valence-electron chi connectivity index (χ0n) is 12.5. The third kappa shape index (κ3) is 6.13. The van der Waals surface area contributed by atoms with Crippen LogP contribution in [0.4, 0.5) is 0 Å². The maximum atomic E-state index is 12.1. The fourth-order valence-electron chi connectivity index (χ4n) is 1.77. The van der Waals surface area contributed by atoms with E-state index >= 15 is 0 Å². The summed E-state index contributed by atoms with van der Waals surface area (Å²) in [7, 11) is 0. The van der Waals surface area contributed by atoms with Crippen LogP contribution >= 0.6 is 11.6 Å². The van der Waals surface area contributed by atoms with Gasteiger partial charge in [-0.2, -0.15) is 0 Å². The van der Waals surface area contributed by atoms with Crippen LogP contribution in [-0.2, 0) is 14.3 Å². The van der Waals surface area contributed by atoms with Crippen molar-refractivity contribution < 1.29 is 19.1 Å². The number of nitrogens with two attached hydrogens (primary N) is 1. The number of amides is 2. The van der Waals surface area contributed by atoms with Gasteiger partial charge >= 0.3 is 5.97 Å². The Labute approximate surface area is 134 Å². The van der Waals surface area contributed by atoms with Crippen molar-refractivity contribution in [3.05, 3.63) is 34.9 Å². The Morgan fingerprint density at radius 2 is 1.82 bits per heavy atom. The molecule has 1 aromatic carbocycles. The molecular weight excluding hydrogens is 308 g/mol. The first-order valence-corrected chi connectivity index (χ1v) is 7.18. The van der Waals surface area contributed by atoms with Crippen LogP contribution in [0.1, 0.15) is 30.6 Å². The van der Waals surface area contributed by atoms with Gasteiger partial charge in [-0.1, -0.05) is 25.4 Å². The highest BCUT2D eigenvalue weighted by Gasteiger charge is 2.24. The molecule has 3 N–H and O–H groups in total. The first kappa shape index (κ1) is 18.0. The first-order chi connectivity index (χ1) is 10.3. The van der Waals surface area contributed by atoms with Crippen molar-refractivity contribution in [2.24, 2.45) is 11.7 Å². The Bertz CT molecular complexity index is 543. The molecule has 2 amide bonds. The van der Waals surface area contributed by atoms with Gasteiger partial charge in [0.1, 0.15) is 6.04 Å². The van der Waals surface area contributed by atoms with Gasteiger partial charge in [-0.05, 0) is 36.6 Å². The highest BCUT2D eigenvalue weighted by molar-refractivity contribution is 6.30. The number of ether oxygens (including phenoxy) is 1. The molecule has 1 rings (SSSR count). The molecule has 6 nitrogen and oxygen atoms in total. The molecule has 0 spiro atoms. The second-order valence-electron chi connectivity index (χ2n) is 5.24. The molecule has 0 radical (unpaired) electrons. The molecule has 0 bridgehead atoms. The molecule has 0 aliphatic carbocycles. The van der Waals surface area contributed by atoms with Gasteiger partial charge < -0.3 is 15.8 Å². The Balaban J connectivity index is 2.75. The number of carbonyl (C=O) groups is 3. The summed E-state index contributed by atoms with van der Waals surface area (Å²) < 4.78 is 4.77. The molecular formula is C15H19ClN2O4. The summed E-state index contributed by atoms with van der Waals surface area (Å²) in [6.07, 6.45) is 0.386. The van der Waals surface area contributed by atoms with Crippen LogP contribution in [0.25, 0.3) is 0 Å². The van der Waals surface area contributed by atoms with Crippen molar-refractivity contribution >= 4 is 29.4 Å². The molecule has 1 atom stereocenters. The summed E-state index contributed by atoms with van der Waals surface area (Å²) in [5, 5.41) is 3.11. The van der Waals surface area contributed by atoms with E-state index in [1.807, 2.05) is 13.8 Å². The number of primary amides is 1. The quantitative estimate of drug-likeness (QED) is 0.742. The third-order valence-corrected chi connectivity index (χ3v) is 3.01. The average Bonchev–Trinajstić information content (AvgIpc) is 2.44. The van der Waals surface area contributed by atoms with Crippen molar-refractivity contribution in [2.75, 3.05) is 6.61 Å². The van der Waals surface area contributed by atoms with Crippen molar-refractivity contribution in [1.82, 2.24) is 5.32 Å². The van der Waals surface area contributed by atoms with Crippen LogP contribution in [-0.4, -0.2) is 30.4 Å². The largest absolute Gasteiger partial charge is 0.454 e. The Morgan fingerprint density at radius 3 is 2.32 bits per heavy atom. The Hall–Kier alpha value is -2.08. The van der Waals surface area contributed by atoms with Crippen molar-refractivity contribution in [3.8, 4) is 0 Å². The van der Waals surface area contributed by atoms with Gasteiger partial charge in [-0.15, -0.1) is 0 Å². The summed E-state index contributed by atoms with van der Waals surface area (Å²) in [6.45, 7) is 3.30. The number of hydrogen-bond donors (Lipinski definition) is 2. The van der Waals surface area contributed by atoms with Gasteiger partial charge in [0, 0.05) is 10.6 Å². The van der Waals surface area contributed by atoms with Gasteiger partial charge in [0.15, 0.2) is 6.61 Å². The molecule has 0 saturated carbocycles. The van der Waals surface area contributed by atoms with Crippen molar-refractivity contribution in [2.45, 2.75) is 26.3 Å². The van der Waals surface area contributed by atoms with Gasteiger partial charge in [0.2, 0.25) is 0 Å². The van der Waals surface area contributed by atoms with Crippen LogP contribution in [0, 0.1) is 5.92 Å². The number of rotatable bonds is 7. The molecule has 0 fully saturated rings. The van der Waals surface area contributed by atoms with E-state index in [-0.39, 0.29) is 5.92 Å². The smallest absolute Gasteiger partial charge is 0.329 e. The van der Waals surface area contributed by atoms with E-state index in [1.54, 1.807) is 24.3 Å². The molecule has 0 unspecified atom stereocenters. The summed E-state index contributed by atoms with van der Waals surface area (Å²) in [6, 6.07) is 5.43. The number of hydrogen-bond acceptors (Lipinski definition) is 4.